The molecule has 0 bridgehead atoms. The molecule has 0 fully saturated rings. The first kappa shape index (κ1) is 25.0. The Kier molecular flexibility index (Phi) is 9.23. The Morgan fingerprint density at radius 3 is 1.47 bits per heavy atom. The zero-order chi connectivity index (χ0) is 24.3. The maximum Gasteiger partial charge on any atom is 0.251 e. The summed E-state index contributed by atoms with van der Waals surface area (Å²) in [6, 6.07) is 26.8. The molecular weight excluding hydrogens is 426 g/mol. The Hall–Kier alpha value is -3.64. The van der Waals surface area contributed by atoms with Gasteiger partial charge < -0.3 is 15.7 Å². The molecule has 3 atom stereocenters. The number of carbonyl (C=O) groups excluding carboxylic acids is 2. The van der Waals surface area contributed by atoms with Crippen molar-refractivity contribution in [2.75, 3.05) is 17.2 Å². The fourth-order valence-electron chi connectivity index (χ4n) is 3.77. The summed E-state index contributed by atoms with van der Waals surface area (Å²) in [4.78, 5) is 28.5. The zero-order valence-corrected chi connectivity index (χ0v) is 19.7. The highest BCUT2D eigenvalue weighted by Gasteiger charge is 2.33. The van der Waals surface area contributed by atoms with Crippen molar-refractivity contribution in [2.45, 2.75) is 44.9 Å². The molecule has 0 aliphatic rings. The molecule has 3 N–H and O–H groups in total. The number of carbonyl (C=O) groups is 2. The molecule has 0 saturated heterocycles. The molecule has 0 radical (unpaired) electrons. The van der Waals surface area contributed by atoms with Gasteiger partial charge in [0.15, 0.2) is 0 Å². The molecule has 34 heavy (non-hydrogen) atoms. The molecule has 2 amide bonds. The van der Waals surface area contributed by atoms with Crippen LogP contribution in [-0.4, -0.2) is 40.4 Å². The van der Waals surface area contributed by atoms with E-state index in [-0.39, 0.29) is 18.4 Å². The van der Waals surface area contributed by atoms with Gasteiger partial charge in [-0.15, -0.1) is 0 Å². The maximum absolute atomic E-state index is 13.7. The predicted molar refractivity (Wildman–Crippen MR) is 136 cm³/mol. The molecule has 178 valence electrons. The second kappa shape index (κ2) is 12.6. The van der Waals surface area contributed by atoms with Crippen molar-refractivity contribution >= 4 is 23.2 Å². The summed E-state index contributed by atoms with van der Waals surface area (Å²) < 4.78 is 0. The van der Waals surface area contributed by atoms with E-state index in [4.69, 9.17) is 0 Å². The monoisotopic (exact) mass is 459 g/mol. The first-order valence-electron chi connectivity index (χ1n) is 11.7. The van der Waals surface area contributed by atoms with E-state index in [0.717, 1.165) is 11.4 Å². The number of hydrogen-bond donors (Lipinski definition) is 3. The van der Waals surface area contributed by atoms with E-state index in [0.29, 0.717) is 18.4 Å². The van der Waals surface area contributed by atoms with Gasteiger partial charge in [0.1, 0.15) is 12.1 Å². The van der Waals surface area contributed by atoms with E-state index >= 15 is 0 Å². The van der Waals surface area contributed by atoms with Crippen molar-refractivity contribution in [3.05, 3.63) is 96.6 Å². The standard InChI is InChI=1S/C28H33N3O3/c1-3-24(29-22-16-10-6-11-17-22)27(33)31(20-26(32)21-14-8-5-9-15-21)28(34)25(4-2)30-23-18-12-7-13-19-23/h5-19,24-26,29-30,32H,3-4,20H2,1-2H3. The van der Waals surface area contributed by atoms with Crippen LogP contribution in [0.2, 0.25) is 0 Å². The van der Waals surface area contributed by atoms with E-state index in [1.807, 2.05) is 92.7 Å². The summed E-state index contributed by atoms with van der Waals surface area (Å²) in [6.45, 7) is 3.67. The number of anilines is 2. The number of hydrogen-bond acceptors (Lipinski definition) is 5. The summed E-state index contributed by atoms with van der Waals surface area (Å²) in [6.07, 6.45) is -0.0125. The number of benzene rings is 3. The van der Waals surface area contributed by atoms with Crippen LogP contribution < -0.4 is 10.6 Å². The first-order valence-corrected chi connectivity index (χ1v) is 11.7. The van der Waals surface area contributed by atoms with E-state index in [1.54, 1.807) is 12.1 Å². The van der Waals surface area contributed by atoms with Crippen molar-refractivity contribution in [1.29, 1.82) is 0 Å². The third-order valence-electron chi connectivity index (χ3n) is 5.71. The van der Waals surface area contributed by atoms with E-state index in [1.165, 1.54) is 4.90 Å². The van der Waals surface area contributed by atoms with Gasteiger partial charge in [-0.1, -0.05) is 80.6 Å². The second-order valence-electron chi connectivity index (χ2n) is 8.16. The number of imide groups is 1. The number of nitrogens with zero attached hydrogens (tertiary/aromatic N) is 1. The SMILES string of the molecule is CCC(Nc1ccccc1)C(=O)N(CC(O)c1ccccc1)C(=O)C(CC)Nc1ccccc1. The molecule has 0 spiro atoms. The second-order valence-corrected chi connectivity index (χ2v) is 8.16. The fourth-order valence-corrected chi connectivity index (χ4v) is 3.77. The van der Waals surface area contributed by atoms with Crippen LogP contribution in [0.15, 0.2) is 91.0 Å². The van der Waals surface area contributed by atoms with Gasteiger partial charge in [0.25, 0.3) is 11.8 Å². The van der Waals surface area contributed by atoms with Crippen LogP contribution in [0, 0.1) is 0 Å². The van der Waals surface area contributed by atoms with Crippen LogP contribution in [0.25, 0.3) is 0 Å². The van der Waals surface area contributed by atoms with Crippen LogP contribution in [-0.2, 0) is 9.59 Å². The lowest BCUT2D eigenvalue weighted by Gasteiger charge is -2.31. The minimum absolute atomic E-state index is 0.123. The van der Waals surface area contributed by atoms with Crippen LogP contribution in [0.5, 0.6) is 0 Å². The van der Waals surface area contributed by atoms with Crippen molar-refractivity contribution in [3.63, 3.8) is 0 Å². The molecule has 6 nitrogen and oxygen atoms in total. The Morgan fingerprint density at radius 1 is 0.706 bits per heavy atom. The highest BCUT2D eigenvalue weighted by molar-refractivity contribution is 6.02. The number of rotatable bonds is 11. The van der Waals surface area contributed by atoms with Crippen LogP contribution in [0.1, 0.15) is 38.4 Å². The molecule has 6 heteroatoms. The molecule has 0 aliphatic heterocycles. The minimum atomic E-state index is -0.988. The van der Waals surface area contributed by atoms with Crippen LogP contribution in [0.4, 0.5) is 11.4 Å². The van der Waals surface area contributed by atoms with Crippen molar-refractivity contribution < 1.29 is 14.7 Å². The van der Waals surface area contributed by atoms with Gasteiger partial charge in [-0.25, -0.2) is 0 Å². The van der Waals surface area contributed by atoms with Crippen molar-refractivity contribution in [2.24, 2.45) is 0 Å². The van der Waals surface area contributed by atoms with Crippen LogP contribution >= 0.6 is 0 Å². The Morgan fingerprint density at radius 2 is 1.09 bits per heavy atom. The maximum atomic E-state index is 13.7. The third kappa shape index (κ3) is 6.68. The normalized spacial score (nSPS) is 13.4. The Bertz CT molecular complexity index is 967. The molecule has 0 aromatic heterocycles. The summed E-state index contributed by atoms with van der Waals surface area (Å²) in [7, 11) is 0. The van der Waals surface area contributed by atoms with E-state index in [9.17, 15) is 14.7 Å². The van der Waals surface area contributed by atoms with E-state index < -0.39 is 18.2 Å². The lowest BCUT2D eigenvalue weighted by molar-refractivity contribution is -0.147. The van der Waals surface area contributed by atoms with Gasteiger partial charge >= 0.3 is 0 Å². The van der Waals surface area contributed by atoms with Gasteiger partial charge in [0.2, 0.25) is 0 Å². The number of aliphatic hydroxyl groups excluding tert-OH is 1. The summed E-state index contributed by atoms with van der Waals surface area (Å²) in [5.41, 5.74) is 2.25. The van der Waals surface area contributed by atoms with Gasteiger partial charge in [0.05, 0.1) is 12.6 Å². The molecular formula is C28H33N3O3. The largest absolute Gasteiger partial charge is 0.387 e. The lowest BCUT2D eigenvalue weighted by atomic mass is 10.1. The number of nitrogens with one attached hydrogen (secondary N) is 2. The van der Waals surface area contributed by atoms with Gasteiger partial charge in [0, 0.05) is 11.4 Å². The van der Waals surface area contributed by atoms with E-state index in [2.05, 4.69) is 10.6 Å². The lowest BCUT2D eigenvalue weighted by Crippen LogP contribution is -2.52. The first-order chi connectivity index (χ1) is 16.5. The minimum Gasteiger partial charge on any atom is -0.387 e. The summed E-state index contributed by atoms with van der Waals surface area (Å²) >= 11 is 0. The number of para-hydroxylation sites is 2. The van der Waals surface area contributed by atoms with Gasteiger partial charge in [-0.05, 0) is 42.7 Å². The average Bonchev–Trinajstić information content (AvgIpc) is 2.89. The molecule has 0 heterocycles. The van der Waals surface area contributed by atoms with Crippen LogP contribution in [0.3, 0.4) is 0 Å². The smallest absolute Gasteiger partial charge is 0.251 e. The highest BCUT2D eigenvalue weighted by Crippen LogP contribution is 2.19. The van der Waals surface area contributed by atoms with Crippen molar-refractivity contribution in [1.82, 2.24) is 4.90 Å². The van der Waals surface area contributed by atoms with Crippen molar-refractivity contribution in [3.8, 4) is 0 Å². The fraction of sp³-hybridized carbons (Fsp3) is 0.286. The number of aliphatic hydroxyl groups is 1. The quantitative estimate of drug-likeness (QED) is 0.382. The number of amides is 2. The Balaban J connectivity index is 1.86. The predicted octanol–water partition coefficient (Wildman–Crippen LogP) is 4.86. The average molecular weight is 460 g/mol. The molecule has 3 unspecified atom stereocenters. The molecule has 0 aliphatic carbocycles. The van der Waals surface area contributed by atoms with Gasteiger partial charge in [-0.3, -0.25) is 14.5 Å². The van der Waals surface area contributed by atoms with Gasteiger partial charge in [-0.2, -0.15) is 0 Å². The zero-order valence-electron chi connectivity index (χ0n) is 19.7. The third-order valence-corrected chi connectivity index (χ3v) is 5.71. The molecule has 3 aromatic rings. The molecule has 0 saturated carbocycles. The Labute approximate surface area is 201 Å². The molecule has 3 aromatic carbocycles. The summed E-state index contributed by atoms with van der Waals surface area (Å²) in [5, 5.41) is 17.4. The highest BCUT2D eigenvalue weighted by atomic mass is 16.3. The topological polar surface area (TPSA) is 81.7 Å². The summed E-state index contributed by atoms with van der Waals surface area (Å²) in [5.74, 6) is -0.723. The molecule has 3 rings (SSSR count).